The lowest BCUT2D eigenvalue weighted by atomic mass is 9.69. The minimum atomic E-state index is 0.545. The molecule has 0 aromatic rings. The molecule has 0 radical (unpaired) electrons. The van der Waals surface area contributed by atoms with E-state index in [1.807, 2.05) is 0 Å². The van der Waals surface area contributed by atoms with Crippen molar-refractivity contribution in [1.82, 2.24) is 15.1 Å². The number of likely N-dealkylation sites (N-methyl/N-ethyl adjacent to an activating group) is 1. The van der Waals surface area contributed by atoms with Crippen LogP contribution in [0.1, 0.15) is 40.0 Å². The highest BCUT2D eigenvalue weighted by Crippen LogP contribution is 2.39. The molecule has 3 nitrogen and oxygen atoms in total. The van der Waals surface area contributed by atoms with Gasteiger partial charge in [-0.1, -0.05) is 20.8 Å². The standard InChI is InChI=1S/C16H33N3/c1-5-18-8-10-19(11-9-18)13-14-12-16(2,3)7-6-15(14)17-4/h14-15,17H,5-13H2,1-4H3. The lowest BCUT2D eigenvalue weighted by molar-refractivity contribution is 0.0735. The Morgan fingerprint density at radius 1 is 1.11 bits per heavy atom. The van der Waals surface area contributed by atoms with Gasteiger partial charge in [-0.05, 0) is 44.2 Å². The van der Waals surface area contributed by atoms with Crippen molar-refractivity contribution in [3.8, 4) is 0 Å². The van der Waals surface area contributed by atoms with Gasteiger partial charge in [-0.2, -0.15) is 0 Å². The number of nitrogens with zero attached hydrogens (tertiary/aromatic N) is 2. The lowest BCUT2D eigenvalue weighted by Gasteiger charge is -2.44. The van der Waals surface area contributed by atoms with Gasteiger partial charge in [0.25, 0.3) is 0 Å². The molecule has 0 bridgehead atoms. The number of hydrogen-bond acceptors (Lipinski definition) is 3. The normalized spacial score (nSPS) is 33.5. The number of rotatable bonds is 4. The molecule has 3 heteroatoms. The van der Waals surface area contributed by atoms with Crippen LogP contribution in [0.2, 0.25) is 0 Å². The molecule has 1 saturated heterocycles. The molecule has 0 aromatic carbocycles. The van der Waals surface area contributed by atoms with Gasteiger partial charge in [0.1, 0.15) is 0 Å². The molecule has 2 rings (SSSR count). The molecule has 112 valence electrons. The zero-order valence-corrected chi connectivity index (χ0v) is 13.4. The molecule has 1 aliphatic heterocycles. The largest absolute Gasteiger partial charge is 0.317 e. The zero-order valence-electron chi connectivity index (χ0n) is 13.4. The maximum Gasteiger partial charge on any atom is 0.0110 e. The fourth-order valence-electron chi connectivity index (χ4n) is 3.93. The molecule has 0 spiro atoms. The minimum Gasteiger partial charge on any atom is -0.317 e. The van der Waals surface area contributed by atoms with Crippen molar-refractivity contribution in [3.05, 3.63) is 0 Å². The quantitative estimate of drug-likeness (QED) is 0.841. The summed E-state index contributed by atoms with van der Waals surface area (Å²) in [6, 6.07) is 0.734. The van der Waals surface area contributed by atoms with Crippen LogP contribution in [0.4, 0.5) is 0 Å². The summed E-state index contributed by atoms with van der Waals surface area (Å²) in [5, 5.41) is 3.56. The third-order valence-electron chi connectivity index (χ3n) is 5.29. The Labute approximate surface area is 119 Å². The molecule has 2 atom stereocenters. The van der Waals surface area contributed by atoms with Crippen LogP contribution in [0, 0.1) is 11.3 Å². The summed E-state index contributed by atoms with van der Waals surface area (Å²) >= 11 is 0. The van der Waals surface area contributed by atoms with Gasteiger partial charge in [0.15, 0.2) is 0 Å². The molecule has 1 saturated carbocycles. The van der Waals surface area contributed by atoms with Crippen molar-refractivity contribution >= 4 is 0 Å². The number of nitrogens with one attached hydrogen (secondary N) is 1. The van der Waals surface area contributed by atoms with Crippen LogP contribution in [0.15, 0.2) is 0 Å². The van der Waals surface area contributed by atoms with Crippen LogP contribution in [-0.4, -0.2) is 62.2 Å². The second-order valence-electron chi connectivity index (χ2n) is 7.30. The monoisotopic (exact) mass is 267 g/mol. The summed E-state index contributed by atoms with van der Waals surface area (Å²) in [5.74, 6) is 0.835. The first-order valence-electron chi connectivity index (χ1n) is 8.16. The van der Waals surface area contributed by atoms with E-state index in [-0.39, 0.29) is 0 Å². The summed E-state index contributed by atoms with van der Waals surface area (Å²) in [4.78, 5) is 5.26. The van der Waals surface area contributed by atoms with Gasteiger partial charge in [-0.25, -0.2) is 0 Å². The van der Waals surface area contributed by atoms with E-state index < -0.39 is 0 Å². The van der Waals surface area contributed by atoms with Gasteiger partial charge in [0.2, 0.25) is 0 Å². The molecule has 0 amide bonds. The van der Waals surface area contributed by atoms with Crippen LogP contribution in [0.25, 0.3) is 0 Å². The summed E-state index contributed by atoms with van der Waals surface area (Å²) < 4.78 is 0. The number of hydrogen-bond donors (Lipinski definition) is 1. The second-order valence-corrected chi connectivity index (χ2v) is 7.30. The maximum absolute atomic E-state index is 3.56. The highest BCUT2D eigenvalue weighted by molar-refractivity contribution is 4.90. The minimum absolute atomic E-state index is 0.545. The van der Waals surface area contributed by atoms with E-state index >= 15 is 0 Å². The van der Waals surface area contributed by atoms with Crippen molar-refractivity contribution < 1.29 is 0 Å². The van der Waals surface area contributed by atoms with Gasteiger partial charge in [-0.3, -0.25) is 0 Å². The highest BCUT2D eigenvalue weighted by atomic mass is 15.3. The summed E-state index contributed by atoms with van der Waals surface area (Å²) in [6.07, 6.45) is 4.11. The highest BCUT2D eigenvalue weighted by Gasteiger charge is 2.35. The van der Waals surface area contributed by atoms with Gasteiger partial charge < -0.3 is 15.1 Å². The number of piperazine rings is 1. The Morgan fingerprint density at radius 3 is 2.32 bits per heavy atom. The van der Waals surface area contributed by atoms with Crippen molar-refractivity contribution in [3.63, 3.8) is 0 Å². The van der Waals surface area contributed by atoms with E-state index in [1.54, 1.807) is 0 Å². The fourth-order valence-corrected chi connectivity index (χ4v) is 3.93. The first-order valence-corrected chi connectivity index (χ1v) is 8.16. The van der Waals surface area contributed by atoms with E-state index in [0.717, 1.165) is 12.0 Å². The molecule has 2 fully saturated rings. The topological polar surface area (TPSA) is 18.5 Å². The van der Waals surface area contributed by atoms with Crippen molar-refractivity contribution in [2.75, 3.05) is 46.3 Å². The summed E-state index contributed by atoms with van der Waals surface area (Å²) in [7, 11) is 2.14. The van der Waals surface area contributed by atoms with Crippen LogP contribution >= 0.6 is 0 Å². The Balaban J connectivity index is 1.85. The Bertz CT molecular complexity index is 269. The molecule has 0 aromatic heterocycles. The Morgan fingerprint density at radius 2 is 1.74 bits per heavy atom. The summed E-state index contributed by atoms with van der Waals surface area (Å²) in [6.45, 7) is 14.7. The molecule has 2 unspecified atom stereocenters. The third-order valence-corrected chi connectivity index (χ3v) is 5.29. The van der Waals surface area contributed by atoms with Crippen molar-refractivity contribution in [1.29, 1.82) is 0 Å². The van der Waals surface area contributed by atoms with Crippen molar-refractivity contribution in [2.45, 2.75) is 46.1 Å². The van der Waals surface area contributed by atoms with Crippen molar-refractivity contribution in [2.24, 2.45) is 11.3 Å². The maximum atomic E-state index is 3.56. The third kappa shape index (κ3) is 4.17. The van der Waals surface area contributed by atoms with Crippen LogP contribution in [-0.2, 0) is 0 Å². The van der Waals surface area contributed by atoms with E-state index in [4.69, 9.17) is 0 Å². The van der Waals surface area contributed by atoms with Gasteiger partial charge in [0.05, 0.1) is 0 Å². The average Bonchev–Trinajstić information content (AvgIpc) is 2.39. The second kappa shape index (κ2) is 6.55. The predicted molar refractivity (Wildman–Crippen MR) is 82.5 cm³/mol. The zero-order chi connectivity index (χ0) is 13.9. The van der Waals surface area contributed by atoms with Gasteiger partial charge >= 0.3 is 0 Å². The Kier molecular flexibility index (Phi) is 5.27. The Hall–Kier alpha value is -0.120. The molecular formula is C16H33N3. The fraction of sp³-hybridized carbons (Fsp3) is 1.00. The molecular weight excluding hydrogens is 234 g/mol. The molecule has 2 aliphatic rings. The summed E-state index contributed by atoms with van der Waals surface area (Å²) in [5.41, 5.74) is 0.545. The van der Waals surface area contributed by atoms with Crippen LogP contribution < -0.4 is 5.32 Å². The van der Waals surface area contributed by atoms with Gasteiger partial charge in [-0.15, -0.1) is 0 Å². The molecule has 1 heterocycles. The van der Waals surface area contributed by atoms with Gasteiger partial charge in [0, 0.05) is 38.8 Å². The molecule has 1 N–H and O–H groups in total. The molecule has 19 heavy (non-hydrogen) atoms. The van der Waals surface area contributed by atoms with E-state index in [2.05, 4.69) is 42.9 Å². The van der Waals surface area contributed by atoms with E-state index in [9.17, 15) is 0 Å². The smallest absolute Gasteiger partial charge is 0.0110 e. The predicted octanol–water partition coefficient (Wildman–Crippen LogP) is 2.04. The average molecular weight is 267 g/mol. The SMILES string of the molecule is CCN1CCN(CC2CC(C)(C)CCC2NC)CC1. The van der Waals surface area contributed by atoms with Crippen LogP contribution in [0.5, 0.6) is 0 Å². The van der Waals surface area contributed by atoms with E-state index in [1.165, 1.54) is 58.5 Å². The molecule has 1 aliphatic carbocycles. The van der Waals surface area contributed by atoms with Crippen LogP contribution in [0.3, 0.4) is 0 Å². The first kappa shape index (κ1) is 15.3. The first-order chi connectivity index (χ1) is 9.04. The lowest BCUT2D eigenvalue weighted by Crippen LogP contribution is -2.51. The van der Waals surface area contributed by atoms with E-state index in [0.29, 0.717) is 5.41 Å².